The molecule has 0 atom stereocenters. The first-order valence-corrected chi connectivity index (χ1v) is 7.02. The lowest BCUT2D eigenvalue weighted by atomic mass is 10.2. The predicted octanol–water partition coefficient (Wildman–Crippen LogP) is 2.94. The molecular formula is C13H14O4S. The van der Waals surface area contributed by atoms with Crippen LogP contribution in [0.25, 0.3) is 0 Å². The number of rotatable bonds is 3. The average Bonchev–Trinajstić information content (AvgIpc) is 2.79. The van der Waals surface area contributed by atoms with E-state index >= 15 is 0 Å². The molecule has 1 aromatic heterocycles. The number of benzene rings is 1. The van der Waals surface area contributed by atoms with Crippen molar-refractivity contribution in [2.75, 3.05) is 0 Å². The summed E-state index contributed by atoms with van der Waals surface area (Å²) in [6.45, 7) is 3.74. The summed E-state index contributed by atoms with van der Waals surface area (Å²) in [7, 11) is -3.59. The summed E-state index contributed by atoms with van der Waals surface area (Å²) in [6, 6.07) is 6.91. The lowest BCUT2D eigenvalue weighted by Gasteiger charge is -2.07. The molecule has 2 rings (SSSR count). The zero-order valence-electron chi connectivity index (χ0n) is 10.1. The van der Waals surface area contributed by atoms with Gasteiger partial charge in [-0.05, 0) is 30.3 Å². The van der Waals surface area contributed by atoms with Crippen molar-refractivity contribution in [2.45, 2.75) is 29.6 Å². The van der Waals surface area contributed by atoms with Crippen LogP contribution in [0.2, 0.25) is 0 Å². The second kappa shape index (κ2) is 4.49. The Hall–Kier alpha value is -1.75. The van der Waals surface area contributed by atoms with Crippen LogP contribution in [0.5, 0.6) is 5.75 Å². The van der Waals surface area contributed by atoms with Crippen molar-refractivity contribution in [2.24, 2.45) is 0 Å². The summed E-state index contributed by atoms with van der Waals surface area (Å²) < 4.78 is 30.0. The third-order valence-electron chi connectivity index (χ3n) is 2.62. The van der Waals surface area contributed by atoms with Gasteiger partial charge in [0.25, 0.3) is 0 Å². The minimum atomic E-state index is -3.59. The largest absolute Gasteiger partial charge is 0.508 e. The van der Waals surface area contributed by atoms with E-state index in [1.807, 2.05) is 13.8 Å². The second-order valence-electron chi connectivity index (χ2n) is 4.30. The van der Waals surface area contributed by atoms with Crippen LogP contribution in [-0.2, 0) is 9.84 Å². The Balaban J connectivity index is 2.55. The number of phenolic OH excluding ortho intramolecular Hbond substituents is 1. The van der Waals surface area contributed by atoms with Crippen molar-refractivity contribution in [1.29, 1.82) is 0 Å². The first kappa shape index (κ1) is 12.7. The molecule has 5 heteroatoms. The summed E-state index contributed by atoms with van der Waals surface area (Å²) in [5.41, 5.74) is 0. The van der Waals surface area contributed by atoms with E-state index in [1.165, 1.54) is 36.6 Å². The maximum absolute atomic E-state index is 12.4. The highest BCUT2D eigenvalue weighted by Crippen LogP contribution is 2.30. The topological polar surface area (TPSA) is 67.5 Å². The minimum absolute atomic E-state index is 0.0121. The zero-order chi connectivity index (χ0) is 13.3. The number of hydrogen-bond donors (Lipinski definition) is 1. The molecular weight excluding hydrogens is 252 g/mol. The molecule has 0 fully saturated rings. The summed E-state index contributed by atoms with van der Waals surface area (Å²) in [4.78, 5) is 0.326. The Morgan fingerprint density at radius 1 is 1.11 bits per heavy atom. The Bertz CT molecular complexity index is 636. The van der Waals surface area contributed by atoms with E-state index in [2.05, 4.69) is 0 Å². The van der Waals surface area contributed by atoms with Crippen molar-refractivity contribution in [3.8, 4) is 5.75 Å². The molecule has 0 unspecified atom stereocenters. The van der Waals surface area contributed by atoms with Crippen LogP contribution in [0.3, 0.4) is 0 Å². The third-order valence-corrected chi connectivity index (χ3v) is 4.43. The number of furan rings is 1. The number of sulfone groups is 1. The van der Waals surface area contributed by atoms with Gasteiger partial charge in [-0.2, -0.15) is 0 Å². The molecule has 96 valence electrons. The van der Waals surface area contributed by atoms with Crippen LogP contribution in [-0.4, -0.2) is 13.5 Å². The first-order valence-electron chi connectivity index (χ1n) is 5.54. The normalized spacial score (nSPS) is 11.9. The fourth-order valence-corrected chi connectivity index (χ4v) is 3.24. The monoisotopic (exact) mass is 266 g/mol. The predicted molar refractivity (Wildman–Crippen MR) is 66.4 cm³/mol. The Morgan fingerprint density at radius 2 is 1.72 bits per heavy atom. The number of phenols is 1. The van der Waals surface area contributed by atoms with E-state index in [9.17, 15) is 13.5 Å². The van der Waals surface area contributed by atoms with Gasteiger partial charge in [0.05, 0.1) is 11.2 Å². The highest BCUT2D eigenvalue weighted by atomic mass is 32.2. The quantitative estimate of drug-likeness (QED) is 0.927. The van der Waals surface area contributed by atoms with Gasteiger partial charge in [0.1, 0.15) is 16.4 Å². The van der Waals surface area contributed by atoms with E-state index < -0.39 is 9.84 Å². The van der Waals surface area contributed by atoms with Gasteiger partial charge >= 0.3 is 0 Å². The SMILES string of the molecule is CC(C)c1occc1S(=O)(=O)c1ccc(O)cc1. The summed E-state index contributed by atoms with van der Waals surface area (Å²) in [5, 5.41) is 9.18. The molecule has 0 aliphatic rings. The fraction of sp³-hybridized carbons (Fsp3) is 0.231. The molecule has 0 saturated carbocycles. The van der Waals surface area contributed by atoms with Crippen LogP contribution in [0.4, 0.5) is 0 Å². The number of hydrogen-bond acceptors (Lipinski definition) is 4. The molecule has 1 heterocycles. The molecule has 0 aliphatic heterocycles. The average molecular weight is 266 g/mol. The maximum atomic E-state index is 12.4. The summed E-state index contributed by atoms with van der Waals surface area (Å²) >= 11 is 0. The van der Waals surface area contributed by atoms with Gasteiger partial charge in [-0.25, -0.2) is 8.42 Å². The zero-order valence-corrected chi connectivity index (χ0v) is 10.9. The molecule has 4 nitrogen and oxygen atoms in total. The van der Waals surface area contributed by atoms with E-state index in [4.69, 9.17) is 4.42 Å². The van der Waals surface area contributed by atoms with E-state index in [0.717, 1.165) is 0 Å². The molecule has 18 heavy (non-hydrogen) atoms. The van der Waals surface area contributed by atoms with Crippen molar-refractivity contribution >= 4 is 9.84 Å². The van der Waals surface area contributed by atoms with E-state index in [1.54, 1.807) is 0 Å². The smallest absolute Gasteiger partial charge is 0.210 e. The maximum Gasteiger partial charge on any atom is 0.210 e. The van der Waals surface area contributed by atoms with Gasteiger partial charge in [0.15, 0.2) is 0 Å². The van der Waals surface area contributed by atoms with Crippen LogP contribution >= 0.6 is 0 Å². The van der Waals surface area contributed by atoms with Gasteiger partial charge in [0.2, 0.25) is 9.84 Å². The van der Waals surface area contributed by atoms with Crippen LogP contribution in [0.1, 0.15) is 25.5 Å². The lowest BCUT2D eigenvalue weighted by Crippen LogP contribution is -2.04. The highest BCUT2D eigenvalue weighted by Gasteiger charge is 2.24. The van der Waals surface area contributed by atoms with Crippen molar-refractivity contribution in [1.82, 2.24) is 0 Å². The molecule has 0 saturated heterocycles. The van der Waals surface area contributed by atoms with Crippen LogP contribution in [0, 0.1) is 0 Å². The molecule has 0 aliphatic carbocycles. The van der Waals surface area contributed by atoms with Gasteiger partial charge < -0.3 is 9.52 Å². The van der Waals surface area contributed by atoms with E-state index in [-0.39, 0.29) is 21.5 Å². The molecule has 0 radical (unpaired) electrons. The molecule has 1 aromatic carbocycles. The van der Waals surface area contributed by atoms with Gasteiger partial charge in [-0.15, -0.1) is 0 Å². The van der Waals surface area contributed by atoms with Gasteiger partial charge in [-0.3, -0.25) is 0 Å². The van der Waals surface area contributed by atoms with Crippen molar-refractivity contribution < 1.29 is 17.9 Å². The Kier molecular flexibility index (Phi) is 3.17. The molecule has 0 amide bonds. The van der Waals surface area contributed by atoms with E-state index in [0.29, 0.717) is 5.76 Å². The van der Waals surface area contributed by atoms with Gasteiger partial charge in [0, 0.05) is 5.92 Å². The fourth-order valence-electron chi connectivity index (χ4n) is 1.70. The second-order valence-corrected chi connectivity index (χ2v) is 6.22. The molecule has 0 bridgehead atoms. The third kappa shape index (κ3) is 2.13. The highest BCUT2D eigenvalue weighted by molar-refractivity contribution is 7.91. The summed E-state index contributed by atoms with van der Waals surface area (Å²) in [5.74, 6) is 0.468. The first-order chi connectivity index (χ1) is 8.43. The molecule has 0 spiro atoms. The molecule has 1 N–H and O–H groups in total. The number of aromatic hydroxyl groups is 1. The van der Waals surface area contributed by atoms with Crippen molar-refractivity contribution in [3.63, 3.8) is 0 Å². The van der Waals surface area contributed by atoms with Crippen LogP contribution < -0.4 is 0 Å². The summed E-state index contributed by atoms with van der Waals surface area (Å²) in [6.07, 6.45) is 1.38. The van der Waals surface area contributed by atoms with Gasteiger partial charge in [-0.1, -0.05) is 13.8 Å². The molecule has 2 aromatic rings. The van der Waals surface area contributed by atoms with Crippen LogP contribution in [0.15, 0.2) is 50.8 Å². The Labute approximate surface area is 106 Å². The van der Waals surface area contributed by atoms with Crippen molar-refractivity contribution in [3.05, 3.63) is 42.4 Å². The lowest BCUT2D eigenvalue weighted by molar-refractivity contribution is 0.473. The minimum Gasteiger partial charge on any atom is -0.508 e. The standard InChI is InChI=1S/C13H14O4S/c1-9(2)13-12(7-8-17-13)18(15,16)11-5-3-10(14)4-6-11/h3-9,14H,1-2H3. The Morgan fingerprint density at radius 3 is 2.28 bits per heavy atom.